The van der Waals surface area contributed by atoms with Gasteiger partial charge < -0.3 is 27.9 Å². The summed E-state index contributed by atoms with van der Waals surface area (Å²) in [4.78, 5) is 37.4. The number of nitrogens with zero attached hydrogens (tertiary/aromatic N) is 1. The molecule has 0 rings (SSSR count). The van der Waals surface area contributed by atoms with Gasteiger partial charge >= 0.3 is 11.9 Å². The maximum atomic E-state index is 12.6. The number of allylic oxidation sites excluding steroid dienone is 10. The molecule has 0 aromatic rings. The van der Waals surface area contributed by atoms with Crippen molar-refractivity contribution < 1.29 is 42.1 Å². The minimum atomic E-state index is -4.63. The second kappa shape index (κ2) is 36.4. The average molecular weight is 780 g/mol. The van der Waals surface area contributed by atoms with E-state index in [4.69, 9.17) is 18.5 Å². The summed E-state index contributed by atoms with van der Waals surface area (Å²) in [5.74, 6) is -0.895. The summed E-state index contributed by atoms with van der Waals surface area (Å²) in [6.45, 7) is 4.07. The second-order valence-electron chi connectivity index (χ2n) is 15.0. The first-order chi connectivity index (χ1) is 26.0. The number of esters is 2. The van der Waals surface area contributed by atoms with Crippen LogP contribution in [0.15, 0.2) is 60.8 Å². The van der Waals surface area contributed by atoms with Gasteiger partial charge in [-0.25, -0.2) is 0 Å². The molecule has 0 aliphatic rings. The van der Waals surface area contributed by atoms with E-state index in [0.717, 1.165) is 70.6 Å². The van der Waals surface area contributed by atoms with Crippen LogP contribution in [0.4, 0.5) is 0 Å². The molecule has 0 fully saturated rings. The number of phosphoric acid groups is 1. The molecule has 0 spiro atoms. The van der Waals surface area contributed by atoms with Gasteiger partial charge in [-0.3, -0.25) is 14.2 Å². The van der Waals surface area contributed by atoms with Crippen molar-refractivity contribution in [2.45, 2.75) is 161 Å². The minimum absolute atomic E-state index is 0.0414. The van der Waals surface area contributed by atoms with Crippen molar-refractivity contribution in [2.24, 2.45) is 0 Å². The zero-order valence-electron chi connectivity index (χ0n) is 34.9. The van der Waals surface area contributed by atoms with Gasteiger partial charge in [-0.2, -0.15) is 0 Å². The Morgan fingerprint density at radius 3 is 1.57 bits per heavy atom. The van der Waals surface area contributed by atoms with E-state index in [1.807, 2.05) is 21.1 Å². The van der Waals surface area contributed by atoms with Crippen molar-refractivity contribution in [3.63, 3.8) is 0 Å². The van der Waals surface area contributed by atoms with Crippen LogP contribution in [-0.2, 0) is 32.7 Å². The number of rotatable bonds is 37. The summed E-state index contributed by atoms with van der Waals surface area (Å²) in [7, 11) is 1.13. The van der Waals surface area contributed by atoms with Gasteiger partial charge in [0.2, 0.25) is 0 Å². The number of hydrogen-bond acceptors (Lipinski definition) is 8. The monoisotopic (exact) mass is 780 g/mol. The molecule has 0 radical (unpaired) electrons. The fraction of sp³-hybridized carbons (Fsp3) is 0.727. The Morgan fingerprint density at radius 1 is 0.574 bits per heavy atom. The van der Waals surface area contributed by atoms with Gasteiger partial charge in [0.15, 0.2) is 6.10 Å². The number of hydrogen-bond donors (Lipinski definition) is 0. The van der Waals surface area contributed by atoms with Crippen LogP contribution in [0.25, 0.3) is 0 Å². The molecule has 1 unspecified atom stereocenters. The van der Waals surface area contributed by atoms with Crippen molar-refractivity contribution in [1.82, 2.24) is 0 Å². The fourth-order valence-corrected chi connectivity index (χ4v) is 5.90. The third-order valence-corrected chi connectivity index (χ3v) is 9.46. The molecule has 0 N–H and O–H groups in total. The molecule has 10 heteroatoms. The summed E-state index contributed by atoms with van der Waals surface area (Å²) in [6.07, 6.45) is 42.5. The standard InChI is InChI=1S/C44H78NO8P/c1-6-8-10-12-14-16-18-20-21-22-23-25-26-28-30-32-34-36-43(46)50-40-42(41-52-54(48,49)51-39-38-45(3,4)5)53-44(47)37-35-33-31-29-27-24-19-17-15-13-11-9-7-2/h10,12,16,18,21-22,24-27,42H,6-9,11,13-15,17,19-20,23,28-41H2,1-5H3/b12-10+,18-16+,22-21+,26-25+,27-24+/t42-/m1/s1. The quantitative estimate of drug-likeness (QED) is 0.0201. The summed E-state index contributed by atoms with van der Waals surface area (Å²) in [5.41, 5.74) is 0. The number of unbranched alkanes of at least 4 members (excludes halogenated alkanes) is 13. The molecule has 0 heterocycles. The van der Waals surface area contributed by atoms with E-state index in [1.54, 1.807) is 0 Å². The smallest absolute Gasteiger partial charge is 0.306 e. The van der Waals surface area contributed by atoms with Gasteiger partial charge in [-0.05, 0) is 77.0 Å². The van der Waals surface area contributed by atoms with E-state index >= 15 is 0 Å². The van der Waals surface area contributed by atoms with Crippen molar-refractivity contribution >= 4 is 19.8 Å². The first-order valence-electron chi connectivity index (χ1n) is 21.0. The summed E-state index contributed by atoms with van der Waals surface area (Å²) >= 11 is 0. The Hall–Kier alpha value is -2.29. The molecule has 0 amide bonds. The van der Waals surface area contributed by atoms with E-state index in [-0.39, 0.29) is 26.1 Å². The number of carbonyl (C=O) groups is 2. The van der Waals surface area contributed by atoms with Crippen molar-refractivity contribution in [3.05, 3.63) is 60.8 Å². The van der Waals surface area contributed by atoms with Gasteiger partial charge in [0.05, 0.1) is 27.7 Å². The first kappa shape index (κ1) is 51.7. The molecule has 0 aromatic carbocycles. The fourth-order valence-electron chi connectivity index (χ4n) is 5.17. The molecule has 9 nitrogen and oxygen atoms in total. The second-order valence-corrected chi connectivity index (χ2v) is 16.4. The van der Waals surface area contributed by atoms with E-state index in [1.165, 1.54) is 44.9 Å². The Labute approximate surface area is 330 Å². The first-order valence-corrected chi connectivity index (χ1v) is 22.5. The molecule has 0 saturated heterocycles. The molecule has 54 heavy (non-hydrogen) atoms. The molecule has 0 saturated carbocycles. The Morgan fingerprint density at radius 2 is 1.04 bits per heavy atom. The number of carbonyl (C=O) groups excluding carboxylic acids is 2. The van der Waals surface area contributed by atoms with Crippen molar-refractivity contribution in [1.29, 1.82) is 0 Å². The van der Waals surface area contributed by atoms with E-state index in [2.05, 4.69) is 74.6 Å². The third-order valence-electron chi connectivity index (χ3n) is 8.49. The molecular formula is C44H78NO8P. The Bertz CT molecular complexity index is 1110. The lowest BCUT2D eigenvalue weighted by Crippen LogP contribution is -2.37. The highest BCUT2D eigenvalue weighted by Gasteiger charge is 2.21. The zero-order valence-corrected chi connectivity index (χ0v) is 35.8. The normalized spacial score (nSPS) is 14.3. The summed E-state index contributed by atoms with van der Waals surface area (Å²) in [6, 6.07) is 0. The number of ether oxygens (including phenoxy) is 2. The van der Waals surface area contributed by atoms with E-state index in [0.29, 0.717) is 23.9 Å². The lowest BCUT2D eigenvalue weighted by Gasteiger charge is -2.28. The predicted molar refractivity (Wildman–Crippen MR) is 222 cm³/mol. The highest BCUT2D eigenvalue weighted by Crippen LogP contribution is 2.38. The van der Waals surface area contributed by atoms with E-state index in [9.17, 15) is 19.0 Å². The molecule has 0 bridgehead atoms. The minimum Gasteiger partial charge on any atom is -0.756 e. The Kier molecular flexibility index (Phi) is 34.8. The van der Waals surface area contributed by atoms with Crippen LogP contribution in [0.1, 0.15) is 155 Å². The lowest BCUT2D eigenvalue weighted by molar-refractivity contribution is -0.870. The SMILES string of the molecule is CCC/C=C/C/C=C/C/C=C/C/C=C/CCCCCC(=O)OC[C@H](COP(=O)([O-])OCC[N+](C)(C)C)OC(=O)CCCCC/C=C/CCCCCCCC. The average Bonchev–Trinajstić information content (AvgIpc) is 3.12. The van der Waals surface area contributed by atoms with Crippen LogP contribution in [0, 0.1) is 0 Å². The maximum Gasteiger partial charge on any atom is 0.306 e. The van der Waals surface area contributed by atoms with Gasteiger partial charge in [0.1, 0.15) is 19.8 Å². The molecule has 0 aromatic heterocycles. The molecular weight excluding hydrogens is 701 g/mol. The van der Waals surface area contributed by atoms with Crippen LogP contribution >= 0.6 is 7.82 Å². The van der Waals surface area contributed by atoms with Crippen molar-refractivity contribution in [3.8, 4) is 0 Å². The third kappa shape index (κ3) is 39.4. The summed E-state index contributed by atoms with van der Waals surface area (Å²) in [5, 5.41) is 0. The Balaban J connectivity index is 4.48. The highest BCUT2D eigenvalue weighted by molar-refractivity contribution is 7.45. The summed E-state index contributed by atoms with van der Waals surface area (Å²) < 4.78 is 33.8. The van der Waals surface area contributed by atoms with Crippen LogP contribution in [0.5, 0.6) is 0 Å². The largest absolute Gasteiger partial charge is 0.756 e. The van der Waals surface area contributed by atoms with Crippen LogP contribution in [0.2, 0.25) is 0 Å². The van der Waals surface area contributed by atoms with Crippen LogP contribution in [-0.4, -0.2) is 70.0 Å². The lowest BCUT2D eigenvalue weighted by atomic mass is 10.1. The maximum absolute atomic E-state index is 12.6. The van der Waals surface area contributed by atoms with Crippen LogP contribution in [0.3, 0.4) is 0 Å². The number of likely N-dealkylation sites (N-methyl/N-ethyl adjacent to an activating group) is 1. The topological polar surface area (TPSA) is 111 Å². The van der Waals surface area contributed by atoms with Crippen molar-refractivity contribution in [2.75, 3.05) is 47.5 Å². The zero-order chi connectivity index (χ0) is 40.0. The van der Waals surface area contributed by atoms with Gasteiger partial charge in [0, 0.05) is 12.8 Å². The predicted octanol–water partition coefficient (Wildman–Crippen LogP) is 11.1. The number of phosphoric ester groups is 1. The van der Waals surface area contributed by atoms with Gasteiger partial charge in [0.25, 0.3) is 7.82 Å². The molecule has 2 atom stereocenters. The molecule has 0 aliphatic carbocycles. The molecule has 0 aliphatic heterocycles. The highest BCUT2D eigenvalue weighted by atomic mass is 31.2. The molecule has 312 valence electrons. The van der Waals surface area contributed by atoms with Gasteiger partial charge in [-0.15, -0.1) is 0 Å². The van der Waals surface area contributed by atoms with E-state index < -0.39 is 32.5 Å². The number of quaternary nitrogens is 1. The van der Waals surface area contributed by atoms with Gasteiger partial charge in [-0.1, -0.05) is 126 Å². The van der Waals surface area contributed by atoms with Crippen LogP contribution < -0.4 is 4.89 Å².